The molecule has 0 fully saturated rings. The molecule has 0 saturated heterocycles. The molecule has 2 aromatic carbocycles. The smallest absolute Gasteiger partial charge is 0.148 e. The molecule has 0 aliphatic heterocycles. The van der Waals surface area contributed by atoms with Crippen molar-refractivity contribution in [2.75, 3.05) is 0 Å². The van der Waals surface area contributed by atoms with E-state index in [1.165, 1.54) is 0 Å². The number of rotatable bonds is 4. The summed E-state index contributed by atoms with van der Waals surface area (Å²) in [4.78, 5) is 4.68. The van der Waals surface area contributed by atoms with Crippen LogP contribution in [-0.2, 0) is 6.61 Å². The highest BCUT2D eigenvalue weighted by Gasteiger charge is 2.13. The molecule has 3 nitrogen and oxygen atoms in total. The van der Waals surface area contributed by atoms with Crippen molar-refractivity contribution in [1.82, 2.24) is 9.55 Å². The third-order valence-corrected chi connectivity index (χ3v) is 3.62. The van der Waals surface area contributed by atoms with Crippen molar-refractivity contribution >= 4 is 22.6 Å². The van der Waals surface area contributed by atoms with Gasteiger partial charge in [0, 0.05) is 11.1 Å². The van der Waals surface area contributed by atoms with Crippen molar-refractivity contribution in [3.63, 3.8) is 0 Å². The van der Waals surface area contributed by atoms with Gasteiger partial charge >= 0.3 is 0 Å². The van der Waals surface area contributed by atoms with Crippen molar-refractivity contribution < 1.29 is 4.74 Å². The zero-order valence-electron chi connectivity index (χ0n) is 12.1. The lowest BCUT2D eigenvalue weighted by Gasteiger charge is -2.13. The topological polar surface area (TPSA) is 27.1 Å². The zero-order valence-corrected chi connectivity index (χ0v) is 12.8. The molecule has 0 spiro atoms. The lowest BCUT2D eigenvalue weighted by atomic mass is 10.3. The van der Waals surface area contributed by atoms with E-state index >= 15 is 0 Å². The summed E-state index contributed by atoms with van der Waals surface area (Å²) < 4.78 is 8.04. The van der Waals surface area contributed by atoms with Gasteiger partial charge in [0.15, 0.2) is 0 Å². The van der Waals surface area contributed by atoms with Gasteiger partial charge < -0.3 is 9.30 Å². The van der Waals surface area contributed by atoms with Gasteiger partial charge in [0.2, 0.25) is 0 Å². The number of imidazole rings is 1. The molecule has 3 aromatic rings. The number of nitrogens with zero attached hydrogens (tertiary/aromatic N) is 2. The molecule has 0 aliphatic rings. The third-order valence-electron chi connectivity index (χ3n) is 3.37. The molecule has 0 radical (unpaired) electrons. The lowest BCUT2D eigenvalue weighted by Crippen LogP contribution is -2.09. The van der Waals surface area contributed by atoms with Gasteiger partial charge in [0.1, 0.15) is 18.2 Å². The minimum atomic E-state index is 0.334. The van der Waals surface area contributed by atoms with Crippen molar-refractivity contribution in [2.45, 2.75) is 26.5 Å². The molecule has 3 rings (SSSR count). The maximum absolute atomic E-state index is 5.88. The first-order valence-electron chi connectivity index (χ1n) is 6.99. The summed E-state index contributed by atoms with van der Waals surface area (Å²) in [5, 5.41) is 0.705. The minimum Gasteiger partial charge on any atom is -0.486 e. The van der Waals surface area contributed by atoms with Crippen LogP contribution in [0.1, 0.15) is 25.7 Å². The highest BCUT2D eigenvalue weighted by atomic mass is 35.5. The largest absolute Gasteiger partial charge is 0.486 e. The Bertz CT molecular complexity index is 747. The van der Waals surface area contributed by atoms with E-state index in [0.29, 0.717) is 17.7 Å². The lowest BCUT2D eigenvalue weighted by molar-refractivity contribution is 0.287. The fourth-order valence-corrected chi connectivity index (χ4v) is 2.58. The summed E-state index contributed by atoms with van der Waals surface area (Å²) in [6, 6.07) is 15.9. The molecule has 0 amide bonds. The number of halogens is 1. The minimum absolute atomic E-state index is 0.334. The van der Waals surface area contributed by atoms with Gasteiger partial charge in [-0.2, -0.15) is 0 Å². The van der Waals surface area contributed by atoms with E-state index in [4.69, 9.17) is 16.3 Å². The normalized spacial score (nSPS) is 11.2. The van der Waals surface area contributed by atoms with E-state index in [9.17, 15) is 0 Å². The fraction of sp³-hybridized carbons (Fsp3) is 0.235. The molecule has 0 N–H and O–H groups in total. The van der Waals surface area contributed by atoms with Crippen molar-refractivity contribution in [3.8, 4) is 5.75 Å². The maximum atomic E-state index is 5.88. The molecule has 21 heavy (non-hydrogen) atoms. The quantitative estimate of drug-likeness (QED) is 0.688. The number of aromatic nitrogens is 2. The van der Waals surface area contributed by atoms with E-state index in [0.717, 1.165) is 22.6 Å². The van der Waals surface area contributed by atoms with E-state index in [1.54, 1.807) is 0 Å². The highest BCUT2D eigenvalue weighted by molar-refractivity contribution is 6.30. The van der Waals surface area contributed by atoms with Crippen LogP contribution < -0.4 is 4.74 Å². The van der Waals surface area contributed by atoms with Gasteiger partial charge in [-0.1, -0.05) is 23.7 Å². The third kappa shape index (κ3) is 2.88. The Hall–Kier alpha value is -2.00. The van der Waals surface area contributed by atoms with Gasteiger partial charge in [-0.15, -0.1) is 0 Å². The number of para-hydroxylation sites is 2. The molecule has 0 atom stereocenters. The zero-order chi connectivity index (χ0) is 14.8. The van der Waals surface area contributed by atoms with E-state index in [-0.39, 0.29) is 0 Å². The standard InChI is InChI=1S/C17H17ClN2O/c1-12(2)20-16-6-4-3-5-15(16)19-17(20)11-21-14-9-7-13(18)8-10-14/h3-10,12H,11H2,1-2H3. The summed E-state index contributed by atoms with van der Waals surface area (Å²) in [6.45, 7) is 4.74. The number of hydrogen-bond acceptors (Lipinski definition) is 2. The summed E-state index contributed by atoms with van der Waals surface area (Å²) >= 11 is 5.88. The van der Waals surface area contributed by atoms with Gasteiger partial charge in [0.25, 0.3) is 0 Å². The van der Waals surface area contributed by atoms with E-state index < -0.39 is 0 Å². The van der Waals surface area contributed by atoms with Crippen LogP contribution in [0, 0.1) is 0 Å². The average molecular weight is 301 g/mol. The van der Waals surface area contributed by atoms with Crippen LogP contribution >= 0.6 is 11.6 Å². The van der Waals surface area contributed by atoms with Gasteiger partial charge in [0.05, 0.1) is 11.0 Å². The second kappa shape index (κ2) is 5.78. The molecule has 1 heterocycles. The number of ether oxygens (including phenoxy) is 1. The van der Waals surface area contributed by atoms with Crippen LogP contribution in [0.3, 0.4) is 0 Å². The first-order valence-corrected chi connectivity index (χ1v) is 7.37. The van der Waals surface area contributed by atoms with Gasteiger partial charge in [-0.3, -0.25) is 0 Å². The first-order chi connectivity index (χ1) is 10.1. The predicted octanol–water partition coefficient (Wildman–Crippen LogP) is 4.85. The molecule has 1 aromatic heterocycles. The second-order valence-electron chi connectivity index (χ2n) is 5.22. The van der Waals surface area contributed by atoms with Crippen molar-refractivity contribution in [3.05, 3.63) is 59.4 Å². The summed E-state index contributed by atoms with van der Waals surface area (Å²) in [5.41, 5.74) is 2.14. The Labute approximate surface area is 129 Å². The summed E-state index contributed by atoms with van der Waals surface area (Å²) in [6.07, 6.45) is 0. The van der Waals surface area contributed by atoms with Crippen LogP contribution in [0.4, 0.5) is 0 Å². The molecule has 0 saturated carbocycles. The van der Waals surface area contributed by atoms with Gasteiger partial charge in [-0.25, -0.2) is 4.98 Å². The Morgan fingerprint density at radius 2 is 1.81 bits per heavy atom. The van der Waals surface area contributed by atoms with E-state index in [1.807, 2.05) is 42.5 Å². The first kappa shape index (κ1) is 14.0. The molecular weight excluding hydrogens is 284 g/mol. The maximum Gasteiger partial charge on any atom is 0.148 e. The summed E-state index contributed by atoms with van der Waals surface area (Å²) in [7, 11) is 0. The predicted molar refractivity (Wildman–Crippen MR) is 85.9 cm³/mol. The monoisotopic (exact) mass is 300 g/mol. The molecule has 108 valence electrons. The SMILES string of the molecule is CC(C)n1c(COc2ccc(Cl)cc2)nc2ccccc21. The van der Waals surface area contributed by atoms with Crippen LogP contribution in [0.2, 0.25) is 5.02 Å². The fourth-order valence-electron chi connectivity index (χ4n) is 2.45. The Morgan fingerprint density at radius 1 is 1.10 bits per heavy atom. The van der Waals surface area contributed by atoms with Gasteiger partial charge in [-0.05, 0) is 50.2 Å². The second-order valence-corrected chi connectivity index (χ2v) is 5.66. The number of benzene rings is 2. The summed E-state index contributed by atoms with van der Waals surface area (Å²) in [5.74, 6) is 1.72. The number of fused-ring (bicyclic) bond motifs is 1. The van der Waals surface area contributed by atoms with Crippen molar-refractivity contribution in [2.24, 2.45) is 0 Å². The van der Waals surface area contributed by atoms with Crippen LogP contribution in [-0.4, -0.2) is 9.55 Å². The molecule has 0 aliphatic carbocycles. The molecule has 0 bridgehead atoms. The number of hydrogen-bond donors (Lipinski definition) is 0. The Kier molecular flexibility index (Phi) is 3.84. The van der Waals surface area contributed by atoms with Crippen molar-refractivity contribution in [1.29, 1.82) is 0 Å². The Morgan fingerprint density at radius 3 is 2.52 bits per heavy atom. The molecular formula is C17H17ClN2O. The highest BCUT2D eigenvalue weighted by Crippen LogP contribution is 2.22. The molecule has 4 heteroatoms. The average Bonchev–Trinajstić information content (AvgIpc) is 2.85. The van der Waals surface area contributed by atoms with Crippen LogP contribution in [0.25, 0.3) is 11.0 Å². The Balaban J connectivity index is 1.89. The van der Waals surface area contributed by atoms with Crippen LogP contribution in [0.5, 0.6) is 5.75 Å². The van der Waals surface area contributed by atoms with Crippen LogP contribution in [0.15, 0.2) is 48.5 Å². The van der Waals surface area contributed by atoms with E-state index in [2.05, 4.69) is 29.5 Å². The molecule has 0 unspecified atom stereocenters.